The van der Waals surface area contributed by atoms with Gasteiger partial charge in [0.15, 0.2) is 0 Å². The molecule has 1 aliphatic carbocycles. The fourth-order valence-corrected chi connectivity index (χ4v) is 3.77. The van der Waals surface area contributed by atoms with E-state index in [0.29, 0.717) is 5.75 Å². The minimum Gasteiger partial charge on any atom is -0.497 e. The molecule has 0 spiro atoms. The number of ether oxygens (including phenoxy) is 1. The van der Waals surface area contributed by atoms with Crippen LogP contribution in [0.1, 0.15) is 29.0 Å². The SMILES string of the molecule is COc1ccc2c(c1)NC(=O)[C@H]2CC(=O)NC1Cc2ccccc2C1. The smallest absolute Gasteiger partial charge is 0.232 e. The van der Waals surface area contributed by atoms with Crippen molar-refractivity contribution in [1.29, 1.82) is 0 Å². The Morgan fingerprint density at radius 3 is 2.60 bits per heavy atom. The maximum absolute atomic E-state index is 12.5. The maximum Gasteiger partial charge on any atom is 0.232 e. The Balaban J connectivity index is 1.42. The van der Waals surface area contributed by atoms with Crippen LogP contribution in [-0.4, -0.2) is 25.0 Å². The Hall–Kier alpha value is -2.82. The van der Waals surface area contributed by atoms with Crippen LogP contribution in [0.25, 0.3) is 0 Å². The average molecular weight is 336 g/mol. The molecular weight excluding hydrogens is 316 g/mol. The molecule has 25 heavy (non-hydrogen) atoms. The van der Waals surface area contributed by atoms with Gasteiger partial charge in [-0.15, -0.1) is 0 Å². The quantitative estimate of drug-likeness (QED) is 0.901. The van der Waals surface area contributed by atoms with Crippen molar-refractivity contribution in [3.63, 3.8) is 0 Å². The lowest BCUT2D eigenvalue weighted by molar-refractivity contribution is -0.125. The average Bonchev–Trinajstić information content (AvgIpc) is 3.14. The molecule has 5 nitrogen and oxygen atoms in total. The number of amides is 2. The van der Waals surface area contributed by atoms with Gasteiger partial charge in [-0.3, -0.25) is 9.59 Å². The fraction of sp³-hybridized carbons (Fsp3) is 0.300. The summed E-state index contributed by atoms with van der Waals surface area (Å²) < 4.78 is 5.18. The fourth-order valence-electron chi connectivity index (χ4n) is 3.77. The molecule has 1 heterocycles. The highest BCUT2D eigenvalue weighted by Crippen LogP contribution is 2.37. The monoisotopic (exact) mass is 336 g/mol. The number of nitrogens with one attached hydrogen (secondary N) is 2. The van der Waals surface area contributed by atoms with Crippen LogP contribution in [0.15, 0.2) is 42.5 Å². The molecule has 0 aromatic heterocycles. The number of carbonyl (C=O) groups excluding carboxylic acids is 2. The van der Waals surface area contributed by atoms with E-state index in [1.807, 2.05) is 24.3 Å². The molecule has 0 bridgehead atoms. The third-order valence-corrected chi connectivity index (χ3v) is 5.02. The van der Waals surface area contributed by atoms with Gasteiger partial charge in [0.2, 0.25) is 11.8 Å². The van der Waals surface area contributed by atoms with Gasteiger partial charge in [0.1, 0.15) is 5.75 Å². The molecule has 2 aromatic rings. The van der Waals surface area contributed by atoms with E-state index in [-0.39, 0.29) is 24.3 Å². The molecule has 4 rings (SSSR count). The first kappa shape index (κ1) is 15.7. The largest absolute Gasteiger partial charge is 0.497 e. The van der Waals surface area contributed by atoms with Crippen LogP contribution in [0, 0.1) is 0 Å². The first-order chi connectivity index (χ1) is 12.1. The third kappa shape index (κ3) is 2.97. The normalized spacial score (nSPS) is 18.4. The van der Waals surface area contributed by atoms with Gasteiger partial charge >= 0.3 is 0 Å². The standard InChI is InChI=1S/C20H20N2O3/c1-25-15-6-7-16-17(20(24)22-18(16)10-15)11-19(23)21-14-8-12-4-2-3-5-13(12)9-14/h2-7,10,14,17H,8-9,11H2,1H3,(H,21,23)(H,22,24)/t17-/m0/s1. The van der Waals surface area contributed by atoms with Crippen molar-refractivity contribution in [3.8, 4) is 5.75 Å². The zero-order valence-electron chi connectivity index (χ0n) is 14.0. The molecule has 2 aliphatic rings. The van der Waals surface area contributed by atoms with E-state index in [1.165, 1.54) is 11.1 Å². The van der Waals surface area contributed by atoms with Gasteiger partial charge in [0.25, 0.3) is 0 Å². The van der Waals surface area contributed by atoms with Gasteiger partial charge in [-0.1, -0.05) is 30.3 Å². The van der Waals surface area contributed by atoms with Crippen molar-refractivity contribution < 1.29 is 14.3 Å². The van der Waals surface area contributed by atoms with E-state index in [2.05, 4.69) is 22.8 Å². The van der Waals surface area contributed by atoms with Crippen molar-refractivity contribution >= 4 is 17.5 Å². The molecule has 1 atom stereocenters. The minimum atomic E-state index is -0.440. The van der Waals surface area contributed by atoms with E-state index in [1.54, 1.807) is 13.2 Å². The van der Waals surface area contributed by atoms with E-state index in [4.69, 9.17) is 4.74 Å². The molecule has 0 fully saturated rings. The third-order valence-electron chi connectivity index (χ3n) is 5.02. The first-order valence-electron chi connectivity index (χ1n) is 8.49. The summed E-state index contributed by atoms with van der Waals surface area (Å²) in [5.74, 6) is 0.0345. The molecular formula is C20H20N2O3. The molecule has 0 saturated carbocycles. The summed E-state index contributed by atoms with van der Waals surface area (Å²) in [5, 5.41) is 5.92. The van der Waals surface area contributed by atoms with Crippen LogP contribution in [-0.2, 0) is 22.4 Å². The van der Waals surface area contributed by atoms with Crippen LogP contribution in [0.2, 0.25) is 0 Å². The summed E-state index contributed by atoms with van der Waals surface area (Å²) in [7, 11) is 1.59. The van der Waals surface area contributed by atoms with E-state index in [9.17, 15) is 9.59 Å². The van der Waals surface area contributed by atoms with Crippen LogP contribution >= 0.6 is 0 Å². The van der Waals surface area contributed by atoms with Gasteiger partial charge in [0, 0.05) is 24.2 Å². The van der Waals surface area contributed by atoms with Crippen molar-refractivity contribution in [1.82, 2.24) is 5.32 Å². The van der Waals surface area contributed by atoms with E-state index in [0.717, 1.165) is 24.1 Å². The molecule has 5 heteroatoms. The predicted octanol–water partition coefficient (Wildman–Crippen LogP) is 2.40. The van der Waals surface area contributed by atoms with Gasteiger partial charge < -0.3 is 15.4 Å². The van der Waals surface area contributed by atoms with Crippen LogP contribution in [0.3, 0.4) is 0 Å². The van der Waals surface area contributed by atoms with Crippen molar-refractivity contribution in [3.05, 3.63) is 59.2 Å². The number of fused-ring (bicyclic) bond motifs is 2. The van der Waals surface area contributed by atoms with E-state index < -0.39 is 5.92 Å². The summed E-state index contributed by atoms with van der Waals surface area (Å²) in [6, 6.07) is 13.8. The number of hydrogen-bond acceptors (Lipinski definition) is 3. The first-order valence-corrected chi connectivity index (χ1v) is 8.49. The summed E-state index contributed by atoms with van der Waals surface area (Å²) in [5.41, 5.74) is 4.18. The maximum atomic E-state index is 12.5. The Kier molecular flexibility index (Phi) is 3.92. The Labute approximate surface area is 146 Å². The van der Waals surface area contributed by atoms with Gasteiger partial charge in [-0.05, 0) is 35.6 Å². The van der Waals surface area contributed by atoms with Gasteiger partial charge in [-0.25, -0.2) is 0 Å². The highest BCUT2D eigenvalue weighted by molar-refractivity contribution is 6.05. The summed E-state index contributed by atoms with van der Waals surface area (Å²) >= 11 is 0. The molecule has 0 saturated heterocycles. The van der Waals surface area contributed by atoms with Crippen LogP contribution in [0.4, 0.5) is 5.69 Å². The molecule has 0 unspecified atom stereocenters. The van der Waals surface area contributed by atoms with E-state index >= 15 is 0 Å². The molecule has 128 valence electrons. The van der Waals surface area contributed by atoms with Crippen molar-refractivity contribution in [2.75, 3.05) is 12.4 Å². The lowest BCUT2D eigenvalue weighted by Crippen LogP contribution is -2.36. The Bertz CT molecular complexity index is 822. The molecule has 2 aromatic carbocycles. The molecule has 1 aliphatic heterocycles. The van der Waals surface area contributed by atoms with Crippen LogP contribution < -0.4 is 15.4 Å². The van der Waals surface area contributed by atoms with Crippen LogP contribution in [0.5, 0.6) is 5.75 Å². The van der Waals surface area contributed by atoms with Crippen molar-refractivity contribution in [2.45, 2.75) is 31.2 Å². The number of benzene rings is 2. The zero-order chi connectivity index (χ0) is 17.4. The molecule has 2 amide bonds. The topological polar surface area (TPSA) is 67.4 Å². The molecule has 0 radical (unpaired) electrons. The lowest BCUT2D eigenvalue weighted by atomic mass is 9.96. The van der Waals surface area contributed by atoms with Crippen molar-refractivity contribution in [2.24, 2.45) is 0 Å². The second-order valence-corrected chi connectivity index (χ2v) is 6.64. The lowest BCUT2D eigenvalue weighted by Gasteiger charge is -2.14. The van der Waals surface area contributed by atoms with Gasteiger partial charge in [-0.2, -0.15) is 0 Å². The summed E-state index contributed by atoms with van der Waals surface area (Å²) in [4.78, 5) is 24.7. The summed E-state index contributed by atoms with van der Waals surface area (Å²) in [6.07, 6.45) is 1.87. The number of methoxy groups -OCH3 is 1. The zero-order valence-corrected chi connectivity index (χ0v) is 14.0. The number of carbonyl (C=O) groups is 2. The summed E-state index contributed by atoms with van der Waals surface area (Å²) in [6.45, 7) is 0. The predicted molar refractivity (Wildman–Crippen MR) is 94.8 cm³/mol. The minimum absolute atomic E-state index is 0.0818. The highest BCUT2D eigenvalue weighted by atomic mass is 16.5. The second-order valence-electron chi connectivity index (χ2n) is 6.64. The number of rotatable bonds is 4. The molecule has 2 N–H and O–H groups in total. The Morgan fingerprint density at radius 2 is 1.92 bits per heavy atom. The highest BCUT2D eigenvalue weighted by Gasteiger charge is 2.33. The van der Waals surface area contributed by atoms with Gasteiger partial charge in [0.05, 0.1) is 13.0 Å². The Morgan fingerprint density at radius 1 is 1.20 bits per heavy atom. The number of anilines is 1. The second kappa shape index (κ2) is 6.24. The number of hydrogen-bond donors (Lipinski definition) is 2.